The molecule has 0 aromatic rings. The summed E-state index contributed by atoms with van der Waals surface area (Å²) in [6.45, 7) is 3.66. The number of amidine groups is 1. The lowest BCUT2D eigenvalue weighted by atomic mass is 9.61. The van der Waals surface area contributed by atoms with Crippen LogP contribution < -0.4 is 5.73 Å². The molecule has 0 radical (unpaired) electrons. The number of rotatable bonds is 4. The molecule has 1 aliphatic rings. The molecule has 4 N–H and O–H groups in total. The predicted molar refractivity (Wildman–Crippen MR) is 63.6 cm³/mol. The number of aliphatic hydroxyl groups is 1. The fourth-order valence-electron chi connectivity index (χ4n) is 2.38. The van der Waals surface area contributed by atoms with Gasteiger partial charge in [-0.1, -0.05) is 12.1 Å². The van der Waals surface area contributed by atoms with Crippen molar-refractivity contribution in [2.24, 2.45) is 22.2 Å². The number of oxime groups is 1. The first kappa shape index (κ1) is 13.8. The zero-order valence-electron chi connectivity index (χ0n) is 10.6. The molecule has 6 nitrogen and oxygen atoms in total. The van der Waals surface area contributed by atoms with E-state index < -0.39 is 5.41 Å². The van der Waals surface area contributed by atoms with E-state index in [1.807, 2.05) is 6.92 Å². The van der Waals surface area contributed by atoms with Gasteiger partial charge >= 0.3 is 0 Å². The quantitative estimate of drug-likeness (QED) is 0.280. The minimum absolute atomic E-state index is 0.0300. The molecular weight excluding hydrogens is 222 g/mol. The first-order valence-electron chi connectivity index (χ1n) is 5.75. The molecule has 0 bridgehead atoms. The summed E-state index contributed by atoms with van der Waals surface area (Å²) in [4.78, 5) is 13.8. The maximum absolute atomic E-state index is 12.3. The highest BCUT2D eigenvalue weighted by molar-refractivity contribution is 6.07. The lowest BCUT2D eigenvalue weighted by Gasteiger charge is -2.46. The van der Waals surface area contributed by atoms with Gasteiger partial charge in [-0.2, -0.15) is 0 Å². The third kappa shape index (κ3) is 2.22. The second-order valence-corrected chi connectivity index (χ2v) is 5.03. The minimum Gasteiger partial charge on any atom is -0.409 e. The maximum atomic E-state index is 12.3. The first-order valence-corrected chi connectivity index (χ1v) is 5.75. The molecule has 0 aliphatic heterocycles. The molecule has 0 aromatic heterocycles. The number of amides is 1. The van der Waals surface area contributed by atoms with Crippen molar-refractivity contribution >= 4 is 11.7 Å². The SMILES string of the molecule is CC1CC(C(=O)N(C)C(C)CO)(C(N)=NO)C1. The van der Waals surface area contributed by atoms with E-state index in [0.717, 1.165) is 0 Å². The zero-order valence-corrected chi connectivity index (χ0v) is 10.6. The molecule has 1 rings (SSSR count). The second kappa shape index (κ2) is 4.91. The van der Waals surface area contributed by atoms with Crippen molar-refractivity contribution < 1.29 is 15.1 Å². The normalized spacial score (nSPS) is 30.6. The molecule has 17 heavy (non-hydrogen) atoms. The Hall–Kier alpha value is -1.30. The highest BCUT2D eigenvalue weighted by atomic mass is 16.4. The topological polar surface area (TPSA) is 99.2 Å². The molecule has 1 amide bonds. The van der Waals surface area contributed by atoms with E-state index >= 15 is 0 Å². The Morgan fingerprint density at radius 1 is 1.65 bits per heavy atom. The molecule has 1 fully saturated rings. The van der Waals surface area contributed by atoms with Crippen LogP contribution in [0, 0.1) is 11.3 Å². The number of nitrogens with two attached hydrogens (primary N) is 1. The molecular formula is C11H21N3O3. The van der Waals surface area contributed by atoms with Gasteiger partial charge in [-0.15, -0.1) is 0 Å². The number of carbonyl (C=O) groups is 1. The van der Waals surface area contributed by atoms with E-state index in [0.29, 0.717) is 18.8 Å². The van der Waals surface area contributed by atoms with Crippen molar-refractivity contribution in [1.82, 2.24) is 4.90 Å². The van der Waals surface area contributed by atoms with Crippen molar-refractivity contribution in [3.8, 4) is 0 Å². The first-order chi connectivity index (χ1) is 7.89. The summed E-state index contributed by atoms with van der Waals surface area (Å²) in [5.74, 6) is 0.169. The lowest BCUT2D eigenvalue weighted by molar-refractivity contribution is -0.145. The van der Waals surface area contributed by atoms with Gasteiger partial charge in [0.15, 0.2) is 5.84 Å². The molecule has 0 heterocycles. The van der Waals surface area contributed by atoms with Gasteiger partial charge in [0, 0.05) is 7.05 Å². The largest absolute Gasteiger partial charge is 0.409 e. The number of hydrogen-bond donors (Lipinski definition) is 3. The van der Waals surface area contributed by atoms with Gasteiger partial charge in [-0.3, -0.25) is 4.79 Å². The Morgan fingerprint density at radius 2 is 2.18 bits per heavy atom. The van der Waals surface area contributed by atoms with Crippen LogP contribution in [0.5, 0.6) is 0 Å². The van der Waals surface area contributed by atoms with Gasteiger partial charge in [0.25, 0.3) is 0 Å². The summed E-state index contributed by atoms with van der Waals surface area (Å²) in [5.41, 5.74) is 4.76. The van der Waals surface area contributed by atoms with Gasteiger partial charge < -0.3 is 20.9 Å². The molecule has 6 heteroatoms. The lowest BCUT2D eigenvalue weighted by Crippen LogP contribution is -2.58. The Kier molecular flexibility index (Phi) is 3.98. The summed E-state index contributed by atoms with van der Waals surface area (Å²) in [6.07, 6.45) is 1.18. The standard InChI is InChI=1S/C11H21N3O3/c1-7-4-11(5-7,9(12)13-17)10(16)14(3)8(2)6-15/h7-8,15,17H,4-6H2,1-3H3,(H2,12,13). The van der Waals surface area contributed by atoms with Gasteiger partial charge in [0.1, 0.15) is 5.41 Å². The van der Waals surface area contributed by atoms with E-state index in [2.05, 4.69) is 5.16 Å². The summed E-state index contributed by atoms with van der Waals surface area (Å²) in [7, 11) is 1.62. The minimum atomic E-state index is -0.883. The Bertz CT molecular complexity index is 324. The Labute approximate surface area is 101 Å². The van der Waals surface area contributed by atoms with Crippen LogP contribution in [0.1, 0.15) is 26.7 Å². The van der Waals surface area contributed by atoms with Gasteiger partial charge in [0.2, 0.25) is 5.91 Å². The summed E-state index contributed by atoms with van der Waals surface area (Å²) in [6, 6.07) is -0.276. The zero-order chi connectivity index (χ0) is 13.2. The van der Waals surface area contributed by atoms with E-state index in [1.54, 1.807) is 14.0 Å². The highest BCUT2D eigenvalue weighted by Gasteiger charge is 2.53. The number of aliphatic hydroxyl groups excluding tert-OH is 1. The van der Waals surface area contributed by atoms with Crippen LogP contribution in [0.4, 0.5) is 0 Å². The fourth-order valence-corrected chi connectivity index (χ4v) is 2.38. The molecule has 1 aliphatic carbocycles. The van der Waals surface area contributed by atoms with Gasteiger partial charge in [-0.25, -0.2) is 0 Å². The number of carbonyl (C=O) groups excluding carboxylic acids is 1. The van der Waals surface area contributed by atoms with E-state index in [-0.39, 0.29) is 24.4 Å². The number of hydrogen-bond acceptors (Lipinski definition) is 4. The van der Waals surface area contributed by atoms with E-state index in [4.69, 9.17) is 16.0 Å². The molecule has 1 unspecified atom stereocenters. The van der Waals surface area contributed by atoms with E-state index in [9.17, 15) is 4.79 Å². The van der Waals surface area contributed by atoms with E-state index in [1.165, 1.54) is 4.90 Å². The van der Waals surface area contributed by atoms with Gasteiger partial charge in [-0.05, 0) is 25.7 Å². The molecule has 0 spiro atoms. The van der Waals surface area contributed by atoms with Crippen LogP contribution in [0.15, 0.2) is 5.16 Å². The Morgan fingerprint density at radius 3 is 2.53 bits per heavy atom. The number of nitrogens with zero attached hydrogens (tertiary/aromatic N) is 2. The second-order valence-electron chi connectivity index (χ2n) is 5.03. The van der Waals surface area contributed by atoms with Crippen molar-refractivity contribution in [3.05, 3.63) is 0 Å². The molecule has 1 atom stereocenters. The van der Waals surface area contributed by atoms with Crippen molar-refractivity contribution in [2.75, 3.05) is 13.7 Å². The number of likely N-dealkylation sites (N-methyl/N-ethyl adjacent to an activating group) is 1. The van der Waals surface area contributed by atoms with Crippen LogP contribution in [-0.2, 0) is 4.79 Å². The average Bonchev–Trinajstić information content (AvgIpc) is 2.30. The smallest absolute Gasteiger partial charge is 0.236 e. The predicted octanol–water partition coefficient (Wildman–Crippen LogP) is -0.0117. The third-order valence-corrected chi connectivity index (χ3v) is 3.65. The van der Waals surface area contributed by atoms with Crippen LogP contribution in [0.3, 0.4) is 0 Å². The van der Waals surface area contributed by atoms with Crippen LogP contribution in [-0.4, -0.2) is 46.7 Å². The fraction of sp³-hybridized carbons (Fsp3) is 0.818. The monoisotopic (exact) mass is 243 g/mol. The highest BCUT2D eigenvalue weighted by Crippen LogP contribution is 2.47. The molecule has 98 valence electrons. The maximum Gasteiger partial charge on any atom is 0.236 e. The summed E-state index contributed by atoms with van der Waals surface area (Å²) >= 11 is 0. The summed E-state index contributed by atoms with van der Waals surface area (Å²) in [5, 5.41) is 20.8. The molecule has 0 aromatic carbocycles. The van der Waals surface area contributed by atoms with Crippen molar-refractivity contribution in [2.45, 2.75) is 32.7 Å². The van der Waals surface area contributed by atoms with Gasteiger partial charge in [0.05, 0.1) is 12.6 Å². The van der Waals surface area contributed by atoms with Crippen LogP contribution >= 0.6 is 0 Å². The molecule has 1 saturated carbocycles. The van der Waals surface area contributed by atoms with Crippen LogP contribution in [0.2, 0.25) is 0 Å². The average molecular weight is 243 g/mol. The third-order valence-electron chi connectivity index (χ3n) is 3.65. The summed E-state index contributed by atoms with van der Waals surface area (Å²) < 4.78 is 0. The van der Waals surface area contributed by atoms with Crippen LogP contribution in [0.25, 0.3) is 0 Å². The van der Waals surface area contributed by atoms with Crippen molar-refractivity contribution in [1.29, 1.82) is 0 Å². The Balaban J connectivity index is 2.90. The van der Waals surface area contributed by atoms with Crippen molar-refractivity contribution in [3.63, 3.8) is 0 Å². The molecule has 0 saturated heterocycles.